The van der Waals surface area contributed by atoms with E-state index in [0.29, 0.717) is 23.7 Å². The van der Waals surface area contributed by atoms with Gasteiger partial charge in [-0.05, 0) is 41.5 Å². The summed E-state index contributed by atoms with van der Waals surface area (Å²) in [6.07, 6.45) is 6.17. The van der Waals surface area contributed by atoms with Crippen LogP contribution in [0, 0.1) is 0 Å². The van der Waals surface area contributed by atoms with E-state index in [-0.39, 0.29) is 12.1 Å². The summed E-state index contributed by atoms with van der Waals surface area (Å²) in [6.45, 7) is 4.06. The third kappa shape index (κ3) is 4.80. The normalized spacial score (nSPS) is 15.9. The number of ether oxygens (including phenoxy) is 1. The van der Waals surface area contributed by atoms with Crippen LogP contribution in [0.25, 0.3) is 6.08 Å². The Kier molecular flexibility index (Phi) is 6.55. The van der Waals surface area contributed by atoms with Gasteiger partial charge in [-0.2, -0.15) is 0 Å². The largest absolute Gasteiger partial charge is 0.503 e. The molecule has 0 aliphatic carbocycles. The number of nitrogens with zero attached hydrogens (tertiary/aromatic N) is 1. The van der Waals surface area contributed by atoms with E-state index >= 15 is 0 Å². The lowest BCUT2D eigenvalue weighted by molar-refractivity contribution is -0.130. The van der Waals surface area contributed by atoms with Gasteiger partial charge in [0, 0.05) is 0 Å². The third-order valence-corrected chi connectivity index (χ3v) is 5.24. The van der Waals surface area contributed by atoms with Crippen LogP contribution in [-0.4, -0.2) is 28.3 Å². The number of hydrogen-bond acceptors (Lipinski definition) is 5. The minimum Gasteiger partial charge on any atom is -0.503 e. The summed E-state index contributed by atoms with van der Waals surface area (Å²) < 4.78 is 11.0. The molecule has 4 rings (SSSR count). The van der Waals surface area contributed by atoms with Gasteiger partial charge in [-0.15, -0.1) is 0 Å². The molecule has 0 bridgehead atoms. The molecule has 33 heavy (non-hydrogen) atoms. The number of carbonyl (C=O) groups excluding carboxylic acids is 2. The monoisotopic (exact) mass is 441 g/mol. The van der Waals surface area contributed by atoms with Crippen LogP contribution in [0.5, 0.6) is 5.75 Å². The predicted octanol–water partition coefficient (Wildman–Crippen LogP) is 5.02. The number of carbonyl (C=O) groups is 2. The lowest BCUT2D eigenvalue weighted by Gasteiger charge is -2.26. The number of benzene rings is 2. The highest BCUT2D eigenvalue weighted by Gasteiger charge is 2.43. The van der Waals surface area contributed by atoms with Gasteiger partial charge in [0.05, 0.1) is 24.4 Å². The molecule has 1 N–H and O–H groups in total. The summed E-state index contributed by atoms with van der Waals surface area (Å²) in [5, 5.41) is 10.7. The van der Waals surface area contributed by atoms with Gasteiger partial charge in [0.1, 0.15) is 18.1 Å². The highest BCUT2D eigenvalue weighted by Crippen LogP contribution is 2.40. The summed E-state index contributed by atoms with van der Waals surface area (Å²) in [5.41, 5.74) is 1.48. The average molecular weight is 441 g/mol. The fourth-order valence-corrected chi connectivity index (χ4v) is 3.74. The maximum absolute atomic E-state index is 13.2. The second-order valence-corrected chi connectivity index (χ2v) is 7.46. The summed E-state index contributed by atoms with van der Waals surface area (Å²) in [5.74, 6) is -0.546. The van der Waals surface area contributed by atoms with Crippen LogP contribution in [0.15, 0.2) is 107 Å². The maximum Gasteiger partial charge on any atom is 0.290 e. The van der Waals surface area contributed by atoms with Gasteiger partial charge >= 0.3 is 0 Å². The van der Waals surface area contributed by atoms with Gasteiger partial charge in [-0.3, -0.25) is 9.59 Å². The summed E-state index contributed by atoms with van der Waals surface area (Å²) in [4.78, 5) is 27.6. The van der Waals surface area contributed by atoms with Crippen molar-refractivity contribution in [2.24, 2.45) is 0 Å². The first-order valence-electron chi connectivity index (χ1n) is 10.5. The summed E-state index contributed by atoms with van der Waals surface area (Å²) in [6, 6.07) is 19.1. The van der Waals surface area contributed by atoms with E-state index in [1.54, 1.807) is 48.6 Å². The zero-order valence-corrected chi connectivity index (χ0v) is 17.9. The van der Waals surface area contributed by atoms with Crippen LogP contribution < -0.4 is 4.74 Å². The number of amides is 1. The molecule has 0 saturated carbocycles. The number of aliphatic hydroxyl groups is 1. The van der Waals surface area contributed by atoms with Gasteiger partial charge < -0.3 is 19.2 Å². The molecule has 1 aliphatic rings. The standard InChI is InChI=1S/C27H23NO5/c1-2-15-32-21-11-6-10-20(17-21)25-24(23(29)14-13-19-8-4-3-5-9-19)26(30)27(31)28(25)18-22-12-7-16-33-22/h2-14,16-17,25,30H,1,15,18H2/b14-13+. The SMILES string of the molecule is C=CCOc1cccc(C2C(C(=O)/C=C/c3ccccc3)=C(O)C(=O)N2Cc2ccco2)c1. The molecule has 1 unspecified atom stereocenters. The molecule has 1 amide bonds. The Morgan fingerprint density at radius 1 is 1.12 bits per heavy atom. The topological polar surface area (TPSA) is 80.0 Å². The molecule has 1 aromatic heterocycles. The number of aliphatic hydroxyl groups excluding tert-OH is 1. The number of rotatable bonds is 9. The van der Waals surface area contributed by atoms with E-state index in [1.807, 2.05) is 30.3 Å². The number of hydrogen-bond donors (Lipinski definition) is 1. The van der Waals surface area contributed by atoms with Crippen LogP contribution in [0.3, 0.4) is 0 Å². The Morgan fingerprint density at radius 2 is 1.94 bits per heavy atom. The predicted molar refractivity (Wildman–Crippen MR) is 124 cm³/mol. The Balaban J connectivity index is 1.72. The molecule has 2 aromatic carbocycles. The molecule has 166 valence electrons. The van der Waals surface area contributed by atoms with Crippen molar-refractivity contribution in [1.29, 1.82) is 0 Å². The van der Waals surface area contributed by atoms with Crippen molar-refractivity contribution in [3.63, 3.8) is 0 Å². The van der Waals surface area contributed by atoms with Gasteiger partial charge in [0.25, 0.3) is 5.91 Å². The van der Waals surface area contributed by atoms with Crippen molar-refractivity contribution < 1.29 is 23.8 Å². The van der Waals surface area contributed by atoms with E-state index in [9.17, 15) is 14.7 Å². The molecule has 1 aliphatic heterocycles. The molecule has 0 fully saturated rings. The van der Waals surface area contributed by atoms with Crippen molar-refractivity contribution in [2.45, 2.75) is 12.6 Å². The summed E-state index contributed by atoms with van der Waals surface area (Å²) >= 11 is 0. The molecule has 0 spiro atoms. The summed E-state index contributed by atoms with van der Waals surface area (Å²) in [7, 11) is 0. The zero-order chi connectivity index (χ0) is 23.2. The third-order valence-electron chi connectivity index (χ3n) is 5.24. The first-order chi connectivity index (χ1) is 16.1. The van der Waals surface area contributed by atoms with Crippen LogP contribution >= 0.6 is 0 Å². The number of allylic oxidation sites excluding steroid dienone is 1. The maximum atomic E-state index is 13.2. The van der Waals surface area contributed by atoms with E-state index < -0.39 is 23.5 Å². The van der Waals surface area contributed by atoms with Gasteiger partial charge in [-0.25, -0.2) is 0 Å². The lowest BCUT2D eigenvalue weighted by atomic mass is 9.95. The second-order valence-electron chi connectivity index (χ2n) is 7.46. The highest BCUT2D eigenvalue weighted by molar-refractivity contribution is 6.14. The molecule has 1 atom stereocenters. The Bertz CT molecular complexity index is 1210. The van der Waals surface area contributed by atoms with Crippen molar-refractivity contribution in [2.75, 3.05) is 6.61 Å². The minimum atomic E-state index is -0.803. The Labute approximate surface area is 191 Å². The van der Waals surface area contributed by atoms with Crippen LogP contribution in [0.4, 0.5) is 0 Å². The average Bonchev–Trinajstić information content (AvgIpc) is 3.44. The van der Waals surface area contributed by atoms with Crippen LogP contribution in [-0.2, 0) is 16.1 Å². The molecule has 0 saturated heterocycles. The fraction of sp³-hybridized carbons (Fsp3) is 0.111. The number of ketones is 1. The first kappa shape index (κ1) is 21.9. The van der Waals surface area contributed by atoms with Crippen LogP contribution in [0.2, 0.25) is 0 Å². The van der Waals surface area contributed by atoms with Gasteiger partial charge in [-0.1, -0.05) is 61.2 Å². The highest BCUT2D eigenvalue weighted by atomic mass is 16.5. The molecule has 0 radical (unpaired) electrons. The number of furan rings is 1. The van der Waals surface area contributed by atoms with Gasteiger partial charge in [0.2, 0.25) is 0 Å². The minimum absolute atomic E-state index is 0.0135. The van der Waals surface area contributed by atoms with Gasteiger partial charge in [0.15, 0.2) is 11.5 Å². The van der Waals surface area contributed by atoms with Crippen molar-refractivity contribution in [3.8, 4) is 5.75 Å². The fourth-order valence-electron chi connectivity index (χ4n) is 3.74. The van der Waals surface area contributed by atoms with E-state index in [2.05, 4.69) is 6.58 Å². The Morgan fingerprint density at radius 3 is 2.67 bits per heavy atom. The Hall–Kier alpha value is -4.32. The van der Waals surface area contributed by atoms with Crippen molar-refractivity contribution >= 4 is 17.8 Å². The smallest absolute Gasteiger partial charge is 0.290 e. The van der Waals surface area contributed by atoms with E-state index in [1.165, 1.54) is 17.2 Å². The van der Waals surface area contributed by atoms with Crippen LogP contribution in [0.1, 0.15) is 22.9 Å². The molecule has 6 nitrogen and oxygen atoms in total. The molecular formula is C27H23NO5. The molecule has 6 heteroatoms. The van der Waals surface area contributed by atoms with E-state index in [0.717, 1.165) is 5.56 Å². The lowest BCUT2D eigenvalue weighted by Crippen LogP contribution is -2.30. The van der Waals surface area contributed by atoms with Crippen molar-refractivity contribution in [3.05, 3.63) is 120 Å². The molecule has 2 heterocycles. The quantitative estimate of drug-likeness (QED) is 0.372. The zero-order valence-electron chi connectivity index (χ0n) is 17.9. The second kappa shape index (κ2) is 9.87. The molecule has 3 aromatic rings. The molecular weight excluding hydrogens is 418 g/mol. The van der Waals surface area contributed by atoms with Crippen molar-refractivity contribution in [1.82, 2.24) is 4.90 Å². The van der Waals surface area contributed by atoms with E-state index in [4.69, 9.17) is 9.15 Å². The first-order valence-corrected chi connectivity index (χ1v) is 10.5.